The molecule has 0 atom stereocenters. The van der Waals surface area contributed by atoms with Gasteiger partial charge in [0.25, 0.3) is 0 Å². The zero-order valence-corrected chi connectivity index (χ0v) is 12.3. The van der Waals surface area contributed by atoms with E-state index in [0.29, 0.717) is 18.2 Å². The fourth-order valence-electron chi connectivity index (χ4n) is 2.12. The van der Waals surface area contributed by atoms with Gasteiger partial charge < -0.3 is 0 Å². The van der Waals surface area contributed by atoms with Crippen LogP contribution in [0.15, 0.2) is 30.5 Å². The summed E-state index contributed by atoms with van der Waals surface area (Å²) in [7, 11) is -3.24. The Kier molecular flexibility index (Phi) is 3.75. The van der Waals surface area contributed by atoms with Crippen LogP contribution in [0.3, 0.4) is 0 Å². The highest BCUT2D eigenvalue weighted by atomic mass is 32.2. The number of aromatic nitrogens is 3. The van der Waals surface area contributed by atoms with E-state index in [-0.39, 0.29) is 17.3 Å². The van der Waals surface area contributed by atoms with Crippen LogP contribution in [0.1, 0.15) is 30.1 Å². The van der Waals surface area contributed by atoms with Crippen LogP contribution in [0.2, 0.25) is 0 Å². The normalized spacial score (nSPS) is 15.3. The lowest BCUT2D eigenvalue weighted by Crippen LogP contribution is -2.11. The number of aryl methyl sites for hydroxylation is 1. The van der Waals surface area contributed by atoms with Gasteiger partial charge in [0, 0.05) is 6.20 Å². The van der Waals surface area contributed by atoms with E-state index in [1.807, 2.05) is 0 Å². The molecule has 1 aromatic carbocycles. The van der Waals surface area contributed by atoms with Gasteiger partial charge >= 0.3 is 0 Å². The third kappa shape index (κ3) is 3.87. The summed E-state index contributed by atoms with van der Waals surface area (Å²) in [4.78, 5) is 0. The second-order valence-electron chi connectivity index (χ2n) is 5.39. The predicted molar refractivity (Wildman–Crippen MR) is 75.9 cm³/mol. The molecule has 0 N–H and O–H groups in total. The third-order valence-electron chi connectivity index (χ3n) is 3.46. The number of hydrogen-bond acceptors (Lipinski definition) is 4. The molecule has 1 aliphatic rings. The van der Waals surface area contributed by atoms with E-state index in [9.17, 15) is 12.8 Å². The molecular formula is C14H16FN3O2S. The van der Waals surface area contributed by atoms with Crippen LogP contribution in [0.25, 0.3) is 0 Å². The van der Waals surface area contributed by atoms with Crippen LogP contribution in [0.5, 0.6) is 0 Å². The van der Waals surface area contributed by atoms with Crippen molar-refractivity contribution in [3.05, 3.63) is 47.5 Å². The molecule has 1 aliphatic carbocycles. The Morgan fingerprint density at radius 3 is 2.62 bits per heavy atom. The average Bonchev–Trinajstić information content (AvgIpc) is 3.19. The fourth-order valence-corrected chi connectivity index (χ4v) is 3.39. The van der Waals surface area contributed by atoms with Crippen molar-refractivity contribution in [1.82, 2.24) is 15.0 Å². The van der Waals surface area contributed by atoms with Crippen LogP contribution in [-0.4, -0.2) is 29.2 Å². The first-order valence-corrected chi connectivity index (χ1v) is 8.69. The molecule has 0 bridgehead atoms. The van der Waals surface area contributed by atoms with E-state index in [1.54, 1.807) is 23.0 Å². The highest BCUT2D eigenvalue weighted by molar-refractivity contribution is 7.90. The molecule has 0 aliphatic heterocycles. The number of hydrogen-bond donors (Lipinski definition) is 0. The zero-order chi connectivity index (χ0) is 14.9. The molecule has 5 nitrogen and oxygen atoms in total. The Balaban J connectivity index is 1.59. The van der Waals surface area contributed by atoms with Crippen LogP contribution >= 0.6 is 0 Å². The molecule has 3 rings (SSSR count). The van der Waals surface area contributed by atoms with E-state index in [4.69, 9.17) is 0 Å². The van der Waals surface area contributed by atoms with Gasteiger partial charge in [0.15, 0.2) is 9.84 Å². The van der Waals surface area contributed by atoms with E-state index < -0.39 is 9.84 Å². The molecule has 21 heavy (non-hydrogen) atoms. The molecule has 1 fully saturated rings. The summed E-state index contributed by atoms with van der Waals surface area (Å²) in [6.07, 6.45) is 4.26. The fraction of sp³-hybridized carbons (Fsp3) is 0.429. The maximum atomic E-state index is 12.8. The second-order valence-corrected chi connectivity index (χ2v) is 7.57. The molecule has 1 saturated carbocycles. The lowest BCUT2D eigenvalue weighted by molar-refractivity contribution is 0.593. The van der Waals surface area contributed by atoms with E-state index in [2.05, 4.69) is 10.3 Å². The van der Waals surface area contributed by atoms with E-state index in [1.165, 1.54) is 12.1 Å². The molecule has 1 aromatic heterocycles. The molecule has 0 spiro atoms. The summed E-state index contributed by atoms with van der Waals surface area (Å²) in [5.41, 5.74) is 1.29. The standard InChI is InChI=1S/C14H16FN3O2S/c15-12-3-1-11(2-4-12)7-8-21(19,20)10-13-9-18(17-16-13)14-5-6-14/h1-4,9,14H,5-8,10H2. The summed E-state index contributed by atoms with van der Waals surface area (Å²) in [5, 5.41) is 7.86. The van der Waals surface area contributed by atoms with E-state index >= 15 is 0 Å². The number of sulfone groups is 1. The maximum absolute atomic E-state index is 12.8. The molecule has 0 radical (unpaired) electrons. The van der Waals surface area contributed by atoms with Crippen molar-refractivity contribution in [3.63, 3.8) is 0 Å². The van der Waals surface area contributed by atoms with Crippen LogP contribution in [-0.2, 0) is 22.0 Å². The van der Waals surface area contributed by atoms with Crippen molar-refractivity contribution in [3.8, 4) is 0 Å². The molecule has 0 unspecified atom stereocenters. The molecule has 0 amide bonds. The smallest absolute Gasteiger partial charge is 0.156 e. The van der Waals surface area contributed by atoms with Gasteiger partial charge in [-0.05, 0) is 37.0 Å². The van der Waals surface area contributed by atoms with Gasteiger partial charge in [0.2, 0.25) is 0 Å². The Morgan fingerprint density at radius 1 is 1.24 bits per heavy atom. The van der Waals surface area contributed by atoms with Crippen molar-refractivity contribution in [2.24, 2.45) is 0 Å². The molecule has 112 valence electrons. The summed E-state index contributed by atoms with van der Waals surface area (Å²) in [6.45, 7) is 0. The van der Waals surface area contributed by atoms with Crippen LogP contribution < -0.4 is 0 Å². The first-order chi connectivity index (χ1) is 10.0. The van der Waals surface area contributed by atoms with Crippen LogP contribution in [0, 0.1) is 5.82 Å². The third-order valence-corrected chi connectivity index (χ3v) is 5.02. The van der Waals surface area contributed by atoms with Crippen molar-refractivity contribution < 1.29 is 12.8 Å². The van der Waals surface area contributed by atoms with Crippen LogP contribution in [0.4, 0.5) is 4.39 Å². The molecular weight excluding hydrogens is 293 g/mol. The number of nitrogens with zero attached hydrogens (tertiary/aromatic N) is 3. The average molecular weight is 309 g/mol. The summed E-state index contributed by atoms with van der Waals surface area (Å²) in [6, 6.07) is 6.28. The number of benzene rings is 1. The lowest BCUT2D eigenvalue weighted by Gasteiger charge is -2.03. The summed E-state index contributed by atoms with van der Waals surface area (Å²) < 4.78 is 38.7. The van der Waals surface area contributed by atoms with Gasteiger partial charge in [-0.2, -0.15) is 0 Å². The molecule has 2 aromatic rings. The summed E-state index contributed by atoms with van der Waals surface area (Å²) >= 11 is 0. The van der Waals surface area contributed by atoms with Crippen molar-refractivity contribution in [2.75, 3.05) is 5.75 Å². The van der Waals surface area contributed by atoms with Gasteiger partial charge in [-0.1, -0.05) is 17.3 Å². The van der Waals surface area contributed by atoms with Gasteiger partial charge in [0.1, 0.15) is 5.82 Å². The van der Waals surface area contributed by atoms with Crippen molar-refractivity contribution in [1.29, 1.82) is 0 Å². The topological polar surface area (TPSA) is 64.8 Å². The minimum Gasteiger partial charge on any atom is -0.249 e. The Hall–Kier alpha value is -1.76. The largest absolute Gasteiger partial charge is 0.249 e. The summed E-state index contributed by atoms with van der Waals surface area (Å²) in [5.74, 6) is -0.395. The molecule has 0 saturated heterocycles. The van der Waals surface area contributed by atoms with Gasteiger partial charge in [-0.25, -0.2) is 17.5 Å². The van der Waals surface area contributed by atoms with Gasteiger partial charge in [-0.15, -0.1) is 5.10 Å². The Bertz CT molecular complexity index is 721. The van der Waals surface area contributed by atoms with Crippen molar-refractivity contribution >= 4 is 9.84 Å². The number of rotatable bonds is 6. The first-order valence-electron chi connectivity index (χ1n) is 6.87. The number of halogens is 1. The first kappa shape index (κ1) is 14.2. The van der Waals surface area contributed by atoms with Gasteiger partial charge in [0.05, 0.1) is 23.2 Å². The van der Waals surface area contributed by atoms with E-state index in [0.717, 1.165) is 18.4 Å². The lowest BCUT2D eigenvalue weighted by atomic mass is 10.2. The molecule has 1 heterocycles. The minimum atomic E-state index is -3.24. The second kappa shape index (κ2) is 5.55. The quantitative estimate of drug-likeness (QED) is 0.817. The Labute approximate surface area is 122 Å². The monoisotopic (exact) mass is 309 g/mol. The van der Waals surface area contributed by atoms with Crippen molar-refractivity contribution in [2.45, 2.75) is 31.1 Å². The predicted octanol–water partition coefficient (Wildman–Crippen LogP) is 1.91. The zero-order valence-electron chi connectivity index (χ0n) is 11.4. The molecule has 7 heteroatoms. The SMILES string of the molecule is O=S(=O)(CCc1ccc(F)cc1)Cc1cn(C2CC2)nn1. The maximum Gasteiger partial charge on any atom is 0.156 e. The Morgan fingerprint density at radius 2 is 1.95 bits per heavy atom. The minimum absolute atomic E-state index is 0.0227. The highest BCUT2D eigenvalue weighted by Crippen LogP contribution is 2.33. The van der Waals surface area contributed by atoms with Gasteiger partial charge in [-0.3, -0.25) is 0 Å². The highest BCUT2D eigenvalue weighted by Gasteiger charge is 2.25.